The van der Waals surface area contributed by atoms with Gasteiger partial charge in [0.05, 0.1) is 29.5 Å². The molecule has 0 aliphatic heterocycles. The van der Waals surface area contributed by atoms with Crippen molar-refractivity contribution in [3.05, 3.63) is 64.7 Å². The predicted octanol–water partition coefficient (Wildman–Crippen LogP) is 2.59. The lowest BCUT2D eigenvalue weighted by molar-refractivity contribution is 0.276. The number of aliphatic hydroxyl groups excluding tert-OH is 1. The summed E-state index contributed by atoms with van der Waals surface area (Å²) in [4.78, 5) is 30.5. The summed E-state index contributed by atoms with van der Waals surface area (Å²) in [6, 6.07) is 14.6. The van der Waals surface area contributed by atoms with Gasteiger partial charge in [0.2, 0.25) is 11.9 Å². The molecule has 2 heterocycles. The Labute approximate surface area is 193 Å². The molecule has 0 saturated heterocycles. The topological polar surface area (TPSA) is 141 Å². The fourth-order valence-electron chi connectivity index (χ4n) is 3.24. The number of hydrogen-bond acceptors (Lipinski definition) is 10. The molecule has 0 radical (unpaired) electrons. The van der Waals surface area contributed by atoms with Gasteiger partial charge in [0.1, 0.15) is 11.6 Å². The highest BCUT2D eigenvalue weighted by Crippen LogP contribution is 2.26. The molecule has 2 aromatic heterocycles. The van der Waals surface area contributed by atoms with Crippen molar-refractivity contribution in [3.8, 4) is 5.75 Å². The maximum Gasteiger partial charge on any atom is 0.262 e. The number of nitrogens with one attached hydrogen (secondary N) is 1. The van der Waals surface area contributed by atoms with E-state index in [0.717, 1.165) is 0 Å². The smallest absolute Gasteiger partial charge is 0.262 e. The van der Waals surface area contributed by atoms with E-state index in [1.807, 2.05) is 30.3 Å². The first-order valence-corrected chi connectivity index (χ1v) is 11.2. The summed E-state index contributed by atoms with van der Waals surface area (Å²) < 4.78 is 6.92. The van der Waals surface area contributed by atoms with Crippen LogP contribution in [0.1, 0.15) is 12.2 Å². The molecule has 4 aromatic rings. The number of aliphatic hydroxyl groups is 1. The van der Waals surface area contributed by atoms with Crippen molar-refractivity contribution in [1.82, 2.24) is 24.5 Å². The Balaban J connectivity index is 1.61. The van der Waals surface area contributed by atoms with Crippen LogP contribution < -0.4 is 21.3 Å². The number of nitrogen functional groups attached to an aromatic ring is 1. The van der Waals surface area contributed by atoms with E-state index in [9.17, 15) is 9.90 Å². The number of hydrogen-bond donors (Lipinski definition) is 3. The lowest BCUT2D eigenvalue weighted by Crippen LogP contribution is -2.24. The highest BCUT2D eigenvalue weighted by Gasteiger charge is 2.14. The normalized spacial score (nSPS) is 11.0. The molecule has 0 spiro atoms. The molecule has 10 nitrogen and oxygen atoms in total. The third-order valence-electron chi connectivity index (χ3n) is 4.75. The lowest BCUT2D eigenvalue weighted by atomic mass is 10.2. The van der Waals surface area contributed by atoms with Gasteiger partial charge in [-0.05, 0) is 30.7 Å². The molecule has 0 atom stereocenters. The minimum absolute atomic E-state index is 0.0225. The molecule has 4 N–H and O–H groups in total. The van der Waals surface area contributed by atoms with Crippen LogP contribution in [0.2, 0.25) is 0 Å². The van der Waals surface area contributed by atoms with Crippen LogP contribution in [0.25, 0.3) is 10.9 Å². The van der Waals surface area contributed by atoms with Gasteiger partial charge < -0.3 is 20.9 Å². The molecule has 4 rings (SSSR count). The number of aromatic nitrogens is 5. The van der Waals surface area contributed by atoms with Crippen molar-refractivity contribution in [2.75, 3.05) is 24.8 Å². The third kappa shape index (κ3) is 5.21. The second-order valence-electron chi connectivity index (χ2n) is 6.99. The average molecular weight is 466 g/mol. The molecule has 2 aromatic carbocycles. The molecule has 0 amide bonds. The van der Waals surface area contributed by atoms with Crippen LogP contribution in [0.3, 0.4) is 0 Å². The standard InChI is InChI=1S/C22H23N7O3S/c1-32-17-10-5-4-9-16(17)24-21-27-18(26-20(23)28-21)13-33-22-25-15-8-3-2-7-14(15)19(31)29(22)11-6-12-30/h2-5,7-10,30H,6,11-13H2,1H3,(H3,23,24,26,27,28). The SMILES string of the molecule is COc1ccccc1Nc1nc(N)nc(CSc2nc3ccccc3c(=O)n2CCCO)n1. The Morgan fingerprint density at radius 1 is 1.09 bits per heavy atom. The van der Waals surface area contributed by atoms with Crippen molar-refractivity contribution in [1.29, 1.82) is 0 Å². The van der Waals surface area contributed by atoms with Crippen LogP contribution in [-0.4, -0.2) is 43.3 Å². The summed E-state index contributed by atoms with van der Waals surface area (Å²) in [6.45, 7) is 0.334. The molecule has 0 bridgehead atoms. The Morgan fingerprint density at radius 3 is 2.70 bits per heavy atom. The van der Waals surface area contributed by atoms with Gasteiger partial charge in [-0.3, -0.25) is 9.36 Å². The zero-order chi connectivity index (χ0) is 23.2. The zero-order valence-electron chi connectivity index (χ0n) is 17.9. The number of fused-ring (bicyclic) bond motifs is 1. The number of rotatable bonds is 9. The molecule has 0 aliphatic carbocycles. The Morgan fingerprint density at radius 2 is 1.88 bits per heavy atom. The van der Waals surface area contributed by atoms with E-state index >= 15 is 0 Å². The summed E-state index contributed by atoms with van der Waals surface area (Å²) in [5, 5.41) is 13.4. The average Bonchev–Trinajstić information content (AvgIpc) is 2.82. The molecule has 11 heteroatoms. The quantitative estimate of drug-likeness (QED) is 0.249. The van der Waals surface area contributed by atoms with Gasteiger partial charge >= 0.3 is 0 Å². The minimum atomic E-state index is -0.148. The maximum absolute atomic E-state index is 13.0. The van der Waals surface area contributed by atoms with Gasteiger partial charge in [-0.15, -0.1) is 0 Å². The van der Waals surface area contributed by atoms with Gasteiger partial charge in [0.25, 0.3) is 5.56 Å². The van der Waals surface area contributed by atoms with Crippen molar-refractivity contribution in [2.24, 2.45) is 0 Å². The van der Waals surface area contributed by atoms with Gasteiger partial charge in [-0.2, -0.15) is 15.0 Å². The van der Waals surface area contributed by atoms with Crippen LogP contribution in [0.4, 0.5) is 17.6 Å². The summed E-state index contributed by atoms with van der Waals surface area (Å²) in [5.41, 5.74) is 7.06. The lowest BCUT2D eigenvalue weighted by Gasteiger charge is -2.13. The number of para-hydroxylation sites is 3. The molecular formula is C22H23N7O3S. The van der Waals surface area contributed by atoms with E-state index in [2.05, 4.69) is 25.3 Å². The number of benzene rings is 2. The van der Waals surface area contributed by atoms with Gasteiger partial charge in [0, 0.05) is 13.2 Å². The van der Waals surface area contributed by atoms with Crippen molar-refractivity contribution in [2.45, 2.75) is 23.9 Å². The maximum atomic E-state index is 13.0. The first kappa shape index (κ1) is 22.5. The highest BCUT2D eigenvalue weighted by atomic mass is 32.2. The summed E-state index contributed by atoms with van der Waals surface area (Å²) in [7, 11) is 1.58. The molecule has 33 heavy (non-hydrogen) atoms. The summed E-state index contributed by atoms with van der Waals surface area (Å²) in [6.07, 6.45) is 0.444. The van der Waals surface area contributed by atoms with E-state index < -0.39 is 0 Å². The van der Waals surface area contributed by atoms with Crippen molar-refractivity contribution < 1.29 is 9.84 Å². The largest absolute Gasteiger partial charge is 0.495 e. The number of nitrogens with two attached hydrogens (primary N) is 1. The predicted molar refractivity (Wildman–Crippen MR) is 128 cm³/mol. The van der Waals surface area contributed by atoms with Crippen molar-refractivity contribution in [3.63, 3.8) is 0 Å². The molecule has 170 valence electrons. The van der Waals surface area contributed by atoms with Crippen LogP contribution in [0, 0.1) is 0 Å². The number of anilines is 3. The van der Waals surface area contributed by atoms with E-state index in [1.54, 1.807) is 29.9 Å². The minimum Gasteiger partial charge on any atom is -0.495 e. The van der Waals surface area contributed by atoms with Crippen LogP contribution in [0.15, 0.2) is 58.5 Å². The Bertz CT molecular complexity index is 1330. The molecule has 0 aliphatic rings. The van der Waals surface area contributed by atoms with E-state index in [1.165, 1.54) is 11.8 Å². The second-order valence-corrected chi connectivity index (χ2v) is 7.94. The zero-order valence-corrected chi connectivity index (χ0v) is 18.7. The van der Waals surface area contributed by atoms with Gasteiger partial charge in [-0.1, -0.05) is 36.0 Å². The Hall–Kier alpha value is -3.70. The van der Waals surface area contributed by atoms with Crippen LogP contribution in [-0.2, 0) is 12.3 Å². The number of methoxy groups -OCH3 is 1. The molecule has 0 saturated carbocycles. The van der Waals surface area contributed by atoms with Crippen molar-refractivity contribution >= 4 is 40.2 Å². The second kappa shape index (κ2) is 10.3. The third-order valence-corrected chi connectivity index (χ3v) is 5.72. The molecule has 0 fully saturated rings. The molecule has 0 unspecified atom stereocenters. The summed E-state index contributed by atoms with van der Waals surface area (Å²) in [5.74, 6) is 1.74. The van der Waals surface area contributed by atoms with E-state index in [-0.39, 0.29) is 24.1 Å². The Kier molecular flexibility index (Phi) is 7.01. The van der Waals surface area contributed by atoms with Gasteiger partial charge in [-0.25, -0.2) is 4.98 Å². The fourth-order valence-corrected chi connectivity index (χ4v) is 4.12. The van der Waals surface area contributed by atoms with Gasteiger partial charge in [0.15, 0.2) is 5.16 Å². The highest BCUT2D eigenvalue weighted by molar-refractivity contribution is 7.98. The van der Waals surface area contributed by atoms with E-state index in [0.29, 0.717) is 52.0 Å². The summed E-state index contributed by atoms with van der Waals surface area (Å²) >= 11 is 1.32. The number of nitrogens with zero attached hydrogens (tertiary/aromatic N) is 5. The monoisotopic (exact) mass is 465 g/mol. The first-order chi connectivity index (χ1) is 16.1. The van der Waals surface area contributed by atoms with Crippen LogP contribution in [0.5, 0.6) is 5.75 Å². The van der Waals surface area contributed by atoms with E-state index in [4.69, 9.17) is 10.5 Å². The first-order valence-electron chi connectivity index (χ1n) is 10.2. The van der Waals surface area contributed by atoms with Crippen LogP contribution >= 0.6 is 11.8 Å². The fraction of sp³-hybridized carbons (Fsp3) is 0.227. The number of thioether (sulfide) groups is 1. The molecular weight excluding hydrogens is 442 g/mol. The number of ether oxygens (including phenoxy) is 1.